The molecular formula is C21H28N2O3. The topological polar surface area (TPSA) is 59.9 Å². The summed E-state index contributed by atoms with van der Waals surface area (Å²) in [6, 6.07) is 5.52. The summed E-state index contributed by atoms with van der Waals surface area (Å²) in [5.41, 5.74) is 3.78. The molecule has 0 heterocycles. The minimum Gasteiger partial charge on any atom is -0.497 e. The lowest BCUT2D eigenvalue weighted by Gasteiger charge is -2.56. The largest absolute Gasteiger partial charge is 0.497 e. The van der Waals surface area contributed by atoms with Crippen LogP contribution in [0.25, 0.3) is 0 Å². The van der Waals surface area contributed by atoms with Crippen molar-refractivity contribution in [2.75, 3.05) is 14.2 Å². The molecule has 0 atom stereocenters. The van der Waals surface area contributed by atoms with Crippen molar-refractivity contribution in [1.29, 1.82) is 0 Å². The first-order chi connectivity index (χ1) is 12.6. The predicted molar refractivity (Wildman–Crippen MR) is 101 cm³/mol. The average Bonchev–Trinajstić information content (AvgIpc) is 2.60. The zero-order chi connectivity index (χ0) is 18.1. The molecule has 5 nitrogen and oxygen atoms in total. The van der Waals surface area contributed by atoms with E-state index < -0.39 is 0 Å². The molecule has 1 N–H and O–H groups in total. The molecule has 140 valence electrons. The van der Waals surface area contributed by atoms with Crippen LogP contribution >= 0.6 is 0 Å². The highest BCUT2D eigenvalue weighted by atomic mass is 16.5. The van der Waals surface area contributed by atoms with E-state index >= 15 is 0 Å². The molecule has 4 aliphatic carbocycles. The number of hydrogen-bond acceptors (Lipinski definition) is 4. The molecule has 0 unspecified atom stereocenters. The number of hydrogen-bond donors (Lipinski definition) is 1. The summed E-state index contributed by atoms with van der Waals surface area (Å²) in [5.74, 6) is 4.02. The first-order valence-electron chi connectivity index (χ1n) is 9.63. The summed E-state index contributed by atoms with van der Waals surface area (Å²) in [5, 5.41) is 4.16. The van der Waals surface area contributed by atoms with E-state index in [1.807, 2.05) is 12.1 Å². The molecule has 0 spiro atoms. The minimum atomic E-state index is 0.0377. The SMILES string of the molecule is COc1ccc(C=NNC(=O)CC23CC4CC(CC(C4)C2)C3)c(OC)c1. The van der Waals surface area contributed by atoms with Crippen LogP contribution in [0.1, 0.15) is 50.5 Å². The monoisotopic (exact) mass is 356 g/mol. The Balaban J connectivity index is 1.36. The van der Waals surface area contributed by atoms with E-state index in [0.717, 1.165) is 29.1 Å². The van der Waals surface area contributed by atoms with Gasteiger partial charge in [0.05, 0.1) is 20.4 Å². The van der Waals surface area contributed by atoms with Gasteiger partial charge in [0.25, 0.3) is 0 Å². The number of rotatable bonds is 6. The number of hydrazone groups is 1. The molecule has 1 aromatic rings. The quantitative estimate of drug-likeness (QED) is 0.624. The second-order valence-electron chi connectivity index (χ2n) is 8.50. The smallest absolute Gasteiger partial charge is 0.240 e. The molecule has 0 saturated heterocycles. The highest BCUT2D eigenvalue weighted by molar-refractivity contribution is 5.85. The Kier molecular flexibility index (Phi) is 4.63. The number of benzene rings is 1. The van der Waals surface area contributed by atoms with E-state index in [2.05, 4.69) is 10.5 Å². The van der Waals surface area contributed by atoms with Crippen LogP contribution in [0.5, 0.6) is 11.5 Å². The second kappa shape index (κ2) is 6.93. The van der Waals surface area contributed by atoms with Gasteiger partial charge in [-0.25, -0.2) is 5.43 Å². The van der Waals surface area contributed by atoms with Crippen molar-refractivity contribution in [3.05, 3.63) is 23.8 Å². The Labute approximate surface area is 155 Å². The van der Waals surface area contributed by atoms with Gasteiger partial charge >= 0.3 is 0 Å². The number of carbonyl (C=O) groups excluding carboxylic acids is 1. The van der Waals surface area contributed by atoms with E-state index in [1.165, 1.54) is 38.5 Å². The Morgan fingerprint density at radius 3 is 2.38 bits per heavy atom. The summed E-state index contributed by atoms with van der Waals surface area (Å²) in [4.78, 5) is 12.5. The maximum absolute atomic E-state index is 12.5. The first kappa shape index (κ1) is 17.4. The summed E-state index contributed by atoms with van der Waals surface area (Å²) < 4.78 is 10.5. The van der Waals surface area contributed by atoms with Crippen molar-refractivity contribution in [2.45, 2.75) is 44.9 Å². The Bertz CT molecular complexity index is 678. The summed E-state index contributed by atoms with van der Waals surface area (Å²) in [7, 11) is 3.23. The number of nitrogens with one attached hydrogen (secondary N) is 1. The lowest BCUT2D eigenvalue weighted by Crippen LogP contribution is -2.47. The Hall–Kier alpha value is -2.04. The molecule has 26 heavy (non-hydrogen) atoms. The molecule has 0 radical (unpaired) electrons. The van der Waals surface area contributed by atoms with Crippen LogP contribution in [0, 0.1) is 23.2 Å². The molecule has 1 aromatic carbocycles. The minimum absolute atomic E-state index is 0.0377. The Morgan fingerprint density at radius 2 is 1.81 bits per heavy atom. The number of methoxy groups -OCH3 is 2. The summed E-state index contributed by atoms with van der Waals surface area (Å²) >= 11 is 0. The van der Waals surface area contributed by atoms with Gasteiger partial charge in [-0.15, -0.1) is 0 Å². The zero-order valence-electron chi connectivity index (χ0n) is 15.7. The summed E-state index contributed by atoms with van der Waals surface area (Å²) in [6.07, 6.45) is 10.2. The van der Waals surface area contributed by atoms with Gasteiger partial charge < -0.3 is 9.47 Å². The average molecular weight is 356 g/mol. The van der Waals surface area contributed by atoms with Crippen LogP contribution in [-0.4, -0.2) is 26.3 Å². The van der Waals surface area contributed by atoms with E-state index in [0.29, 0.717) is 12.2 Å². The molecule has 1 amide bonds. The molecule has 4 aliphatic rings. The van der Waals surface area contributed by atoms with Gasteiger partial charge in [0.15, 0.2) is 0 Å². The van der Waals surface area contributed by atoms with Gasteiger partial charge in [-0.2, -0.15) is 5.10 Å². The van der Waals surface area contributed by atoms with Crippen LogP contribution in [0.4, 0.5) is 0 Å². The van der Waals surface area contributed by atoms with Crippen LogP contribution in [-0.2, 0) is 4.79 Å². The fourth-order valence-electron chi connectivity index (χ4n) is 5.99. The molecule has 4 saturated carbocycles. The van der Waals surface area contributed by atoms with Gasteiger partial charge in [0.1, 0.15) is 11.5 Å². The molecule has 0 aromatic heterocycles. The third-order valence-corrected chi connectivity index (χ3v) is 6.53. The van der Waals surface area contributed by atoms with Gasteiger partial charge in [-0.1, -0.05) is 0 Å². The maximum atomic E-state index is 12.5. The van der Waals surface area contributed by atoms with Crippen molar-refractivity contribution in [3.8, 4) is 11.5 Å². The van der Waals surface area contributed by atoms with E-state index in [9.17, 15) is 4.79 Å². The molecule has 5 rings (SSSR count). The number of ether oxygens (including phenoxy) is 2. The molecule has 5 heteroatoms. The lowest BCUT2D eigenvalue weighted by atomic mass is 9.49. The van der Waals surface area contributed by atoms with Crippen LogP contribution < -0.4 is 14.9 Å². The van der Waals surface area contributed by atoms with E-state index in [-0.39, 0.29) is 11.3 Å². The highest BCUT2D eigenvalue weighted by Gasteiger charge is 2.51. The van der Waals surface area contributed by atoms with Gasteiger partial charge in [-0.05, 0) is 73.8 Å². The van der Waals surface area contributed by atoms with Crippen LogP contribution in [0.15, 0.2) is 23.3 Å². The normalized spacial score (nSPS) is 32.0. The maximum Gasteiger partial charge on any atom is 0.240 e. The van der Waals surface area contributed by atoms with Crippen LogP contribution in [0.3, 0.4) is 0 Å². The third kappa shape index (κ3) is 3.44. The standard InChI is InChI=1S/C21H28N2O3/c1-25-18-4-3-17(19(8-18)26-2)13-22-23-20(24)12-21-9-14-5-15(10-21)7-16(6-14)11-21/h3-4,8,13-16H,5-7,9-12H2,1-2H3,(H,23,24). The summed E-state index contributed by atoms with van der Waals surface area (Å²) in [6.45, 7) is 0. The molecule has 0 aliphatic heterocycles. The van der Waals surface area contributed by atoms with Crippen LogP contribution in [0.2, 0.25) is 0 Å². The van der Waals surface area contributed by atoms with E-state index in [1.54, 1.807) is 26.5 Å². The second-order valence-corrected chi connectivity index (χ2v) is 8.50. The first-order valence-corrected chi connectivity index (χ1v) is 9.63. The zero-order valence-corrected chi connectivity index (χ0v) is 15.7. The molecule has 4 bridgehead atoms. The van der Waals surface area contributed by atoms with Gasteiger partial charge in [0.2, 0.25) is 5.91 Å². The van der Waals surface area contributed by atoms with Crippen molar-refractivity contribution < 1.29 is 14.3 Å². The van der Waals surface area contributed by atoms with Crippen molar-refractivity contribution in [3.63, 3.8) is 0 Å². The van der Waals surface area contributed by atoms with Crippen molar-refractivity contribution in [2.24, 2.45) is 28.3 Å². The predicted octanol–water partition coefficient (Wildman–Crippen LogP) is 3.76. The van der Waals surface area contributed by atoms with Crippen molar-refractivity contribution in [1.82, 2.24) is 5.43 Å². The lowest BCUT2D eigenvalue weighted by molar-refractivity contribution is -0.129. The third-order valence-electron chi connectivity index (χ3n) is 6.53. The molecule has 4 fully saturated rings. The van der Waals surface area contributed by atoms with Gasteiger partial charge in [0, 0.05) is 18.1 Å². The van der Waals surface area contributed by atoms with Crippen molar-refractivity contribution >= 4 is 12.1 Å². The number of amides is 1. The van der Waals surface area contributed by atoms with Gasteiger partial charge in [-0.3, -0.25) is 4.79 Å². The molecular weight excluding hydrogens is 328 g/mol. The Morgan fingerprint density at radius 1 is 1.15 bits per heavy atom. The fourth-order valence-corrected chi connectivity index (χ4v) is 5.99. The number of carbonyl (C=O) groups is 1. The van der Waals surface area contributed by atoms with E-state index in [4.69, 9.17) is 9.47 Å². The fraction of sp³-hybridized carbons (Fsp3) is 0.619. The highest BCUT2D eigenvalue weighted by Crippen LogP contribution is 2.61. The number of nitrogens with zero attached hydrogens (tertiary/aromatic N) is 1.